The van der Waals surface area contributed by atoms with E-state index >= 15 is 0 Å². The predicted molar refractivity (Wildman–Crippen MR) is 77.4 cm³/mol. The van der Waals surface area contributed by atoms with Crippen LogP contribution in [0.25, 0.3) is 10.9 Å². The third-order valence-electron chi connectivity index (χ3n) is 3.27. The van der Waals surface area contributed by atoms with Gasteiger partial charge in [-0.3, -0.25) is 4.79 Å². The minimum atomic E-state index is -0.312. The first-order chi connectivity index (χ1) is 9.65. The number of halogens is 1. The number of rotatable bonds is 2. The first-order valence-corrected chi connectivity index (χ1v) is 6.29. The number of aromatic amines is 1. The fourth-order valence-electron chi connectivity index (χ4n) is 2.22. The molecule has 20 heavy (non-hydrogen) atoms. The molecule has 1 aromatic heterocycles. The molecule has 3 aromatic rings. The number of benzene rings is 2. The molecule has 0 unspecified atom stereocenters. The molecular formula is C16H13FN2O. The summed E-state index contributed by atoms with van der Waals surface area (Å²) in [6.45, 7) is 1.76. The summed E-state index contributed by atoms with van der Waals surface area (Å²) in [5.41, 5.74) is 2.79. The van der Waals surface area contributed by atoms with Crippen LogP contribution in [0.2, 0.25) is 0 Å². The summed E-state index contributed by atoms with van der Waals surface area (Å²) in [6.07, 6.45) is 1.68. The van der Waals surface area contributed by atoms with Crippen molar-refractivity contribution in [3.63, 3.8) is 0 Å². The second kappa shape index (κ2) is 4.81. The van der Waals surface area contributed by atoms with Crippen LogP contribution in [0.3, 0.4) is 0 Å². The smallest absolute Gasteiger partial charge is 0.257 e. The number of aryl methyl sites for hydroxylation is 1. The highest BCUT2D eigenvalue weighted by Crippen LogP contribution is 2.21. The average molecular weight is 268 g/mol. The van der Waals surface area contributed by atoms with Gasteiger partial charge in [-0.1, -0.05) is 18.2 Å². The second-order valence-corrected chi connectivity index (χ2v) is 4.66. The molecule has 1 amide bonds. The van der Waals surface area contributed by atoms with Gasteiger partial charge in [-0.05, 0) is 36.8 Å². The number of H-pyrrole nitrogens is 1. The maximum atomic E-state index is 13.0. The molecule has 2 aromatic carbocycles. The zero-order valence-corrected chi connectivity index (χ0v) is 10.9. The molecule has 0 fully saturated rings. The first-order valence-electron chi connectivity index (χ1n) is 6.29. The molecule has 0 saturated carbocycles. The van der Waals surface area contributed by atoms with E-state index in [1.807, 2.05) is 24.3 Å². The lowest BCUT2D eigenvalue weighted by Crippen LogP contribution is -2.12. The molecule has 4 heteroatoms. The molecule has 3 rings (SSSR count). The number of hydrogen-bond acceptors (Lipinski definition) is 1. The number of fused-ring (bicyclic) bond motifs is 1. The molecule has 100 valence electrons. The second-order valence-electron chi connectivity index (χ2n) is 4.66. The van der Waals surface area contributed by atoms with Crippen molar-refractivity contribution in [2.24, 2.45) is 0 Å². The van der Waals surface area contributed by atoms with E-state index in [-0.39, 0.29) is 11.7 Å². The first kappa shape index (κ1) is 12.4. The Morgan fingerprint density at radius 2 is 2.00 bits per heavy atom. The van der Waals surface area contributed by atoms with E-state index in [1.165, 1.54) is 12.1 Å². The minimum Gasteiger partial charge on any atom is -0.360 e. The molecule has 0 radical (unpaired) electrons. The Balaban J connectivity index is 1.93. The summed E-state index contributed by atoms with van der Waals surface area (Å²) < 4.78 is 13.0. The summed E-state index contributed by atoms with van der Waals surface area (Å²) >= 11 is 0. The third kappa shape index (κ3) is 2.16. The van der Waals surface area contributed by atoms with Crippen LogP contribution in [0.5, 0.6) is 0 Å². The van der Waals surface area contributed by atoms with Crippen LogP contribution < -0.4 is 5.32 Å². The Morgan fingerprint density at radius 3 is 2.80 bits per heavy atom. The quantitative estimate of drug-likeness (QED) is 0.728. The van der Waals surface area contributed by atoms with E-state index in [9.17, 15) is 9.18 Å². The highest BCUT2D eigenvalue weighted by molar-refractivity contribution is 6.12. The van der Waals surface area contributed by atoms with Crippen LogP contribution in [0.15, 0.2) is 48.7 Å². The number of carbonyl (C=O) groups is 1. The van der Waals surface area contributed by atoms with Gasteiger partial charge in [-0.25, -0.2) is 4.39 Å². The highest BCUT2D eigenvalue weighted by Gasteiger charge is 2.12. The summed E-state index contributed by atoms with van der Waals surface area (Å²) in [7, 11) is 0. The normalized spacial score (nSPS) is 10.7. The maximum absolute atomic E-state index is 13.0. The molecule has 0 bridgehead atoms. The predicted octanol–water partition coefficient (Wildman–Crippen LogP) is 3.87. The summed E-state index contributed by atoms with van der Waals surface area (Å²) in [5.74, 6) is -0.523. The van der Waals surface area contributed by atoms with E-state index in [1.54, 1.807) is 19.2 Å². The van der Waals surface area contributed by atoms with Crippen LogP contribution in [0.4, 0.5) is 10.1 Å². The number of nitrogens with one attached hydrogen (secondary N) is 2. The Kier molecular flexibility index (Phi) is 2.99. The van der Waals surface area contributed by atoms with Crippen LogP contribution in [0.1, 0.15) is 15.9 Å². The number of carbonyl (C=O) groups excluding carboxylic acids is 1. The minimum absolute atomic E-state index is 0.211. The molecule has 0 spiro atoms. The van der Waals surface area contributed by atoms with Gasteiger partial charge < -0.3 is 10.3 Å². The molecule has 3 nitrogen and oxygen atoms in total. The molecule has 0 saturated heterocycles. The Hall–Kier alpha value is -2.62. The standard InChI is InChI=1S/C16H13FN2O/c1-10-8-11(17)6-7-14(10)19-16(20)13-9-18-15-5-3-2-4-12(13)15/h2-9,18H,1H3,(H,19,20). The van der Waals surface area contributed by atoms with Crippen molar-refractivity contribution in [3.05, 3.63) is 65.6 Å². The lowest BCUT2D eigenvalue weighted by molar-refractivity contribution is 0.102. The zero-order valence-electron chi connectivity index (χ0n) is 10.9. The van der Waals surface area contributed by atoms with Gasteiger partial charge in [-0.2, -0.15) is 0 Å². The number of hydrogen-bond donors (Lipinski definition) is 2. The van der Waals surface area contributed by atoms with Crippen LogP contribution in [-0.2, 0) is 0 Å². The molecule has 1 heterocycles. The van der Waals surface area contributed by atoms with Crippen molar-refractivity contribution >= 4 is 22.5 Å². The lowest BCUT2D eigenvalue weighted by Gasteiger charge is -2.07. The molecule has 0 aliphatic heterocycles. The van der Waals surface area contributed by atoms with E-state index in [0.29, 0.717) is 16.8 Å². The number of para-hydroxylation sites is 1. The summed E-state index contributed by atoms with van der Waals surface area (Å²) in [5, 5.41) is 3.67. The molecule has 0 aliphatic rings. The van der Waals surface area contributed by atoms with E-state index in [4.69, 9.17) is 0 Å². The largest absolute Gasteiger partial charge is 0.360 e. The number of amides is 1. The summed E-state index contributed by atoms with van der Waals surface area (Å²) in [6, 6.07) is 11.9. The topological polar surface area (TPSA) is 44.9 Å². The van der Waals surface area contributed by atoms with Crippen LogP contribution in [0, 0.1) is 12.7 Å². The fourth-order valence-corrected chi connectivity index (χ4v) is 2.22. The van der Waals surface area contributed by atoms with Crippen molar-refractivity contribution < 1.29 is 9.18 Å². The van der Waals surface area contributed by atoms with Crippen molar-refractivity contribution in [1.82, 2.24) is 4.98 Å². The van der Waals surface area contributed by atoms with Gasteiger partial charge in [-0.15, -0.1) is 0 Å². The van der Waals surface area contributed by atoms with Gasteiger partial charge in [0, 0.05) is 22.8 Å². The van der Waals surface area contributed by atoms with Crippen LogP contribution >= 0.6 is 0 Å². The average Bonchev–Trinajstić information content (AvgIpc) is 2.86. The third-order valence-corrected chi connectivity index (χ3v) is 3.27. The van der Waals surface area contributed by atoms with E-state index in [2.05, 4.69) is 10.3 Å². The van der Waals surface area contributed by atoms with Crippen molar-refractivity contribution in [1.29, 1.82) is 0 Å². The van der Waals surface area contributed by atoms with Gasteiger partial charge >= 0.3 is 0 Å². The summed E-state index contributed by atoms with van der Waals surface area (Å²) in [4.78, 5) is 15.4. The van der Waals surface area contributed by atoms with E-state index in [0.717, 1.165) is 10.9 Å². The van der Waals surface area contributed by atoms with Crippen molar-refractivity contribution in [2.75, 3.05) is 5.32 Å². The molecular weight excluding hydrogens is 255 g/mol. The lowest BCUT2D eigenvalue weighted by atomic mass is 10.1. The fraction of sp³-hybridized carbons (Fsp3) is 0.0625. The molecule has 2 N–H and O–H groups in total. The number of anilines is 1. The van der Waals surface area contributed by atoms with Gasteiger partial charge in [0.05, 0.1) is 5.56 Å². The molecule has 0 aliphatic carbocycles. The number of aromatic nitrogens is 1. The van der Waals surface area contributed by atoms with Gasteiger partial charge in [0.15, 0.2) is 0 Å². The zero-order chi connectivity index (χ0) is 14.1. The monoisotopic (exact) mass is 268 g/mol. The van der Waals surface area contributed by atoms with E-state index < -0.39 is 0 Å². The Labute approximate surface area is 115 Å². The Bertz CT molecular complexity index is 792. The van der Waals surface area contributed by atoms with Gasteiger partial charge in [0.2, 0.25) is 0 Å². The SMILES string of the molecule is Cc1cc(F)ccc1NC(=O)c1c[nH]c2ccccc12. The van der Waals surface area contributed by atoms with Crippen molar-refractivity contribution in [2.45, 2.75) is 6.92 Å². The van der Waals surface area contributed by atoms with Gasteiger partial charge in [0.25, 0.3) is 5.91 Å². The van der Waals surface area contributed by atoms with Crippen LogP contribution in [-0.4, -0.2) is 10.9 Å². The van der Waals surface area contributed by atoms with Crippen molar-refractivity contribution in [3.8, 4) is 0 Å². The maximum Gasteiger partial charge on any atom is 0.257 e. The molecule has 0 atom stereocenters. The highest BCUT2D eigenvalue weighted by atomic mass is 19.1. The van der Waals surface area contributed by atoms with Gasteiger partial charge in [0.1, 0.15) is 5.82 Å². The Morgan fingerprint density at radius 1 is 1.20 bits per heavy atom.